The lowest BCUT2D eigenvalue weighted by molar-refractivity contribution is -0.129. The van der Waals surface area contributed by atoms with Crippen molar-refractivity contribution in [2.45, 2.75) is 12.8 Å². The van der Waals surface area contributed by atoms with Crippen LogP contribution in [0.1, 0.15) is 12.8 Å². The molecule has 0 aromatic heterocycles. The fraction of sp³-hybridized carbons (Fsp3) is 0.714. The van der Waals surface area contributed by atoms with Gasteiger partial charge in [0.05, 0.1) is 0 Å². The van der Waals surface area contributed by atoms with E-state index >= 15 is 0 Å². The van der Waals surface area contributed by atoms with Gasteiger partial charge in [-0.3, -0.25) is 9.59 Å². The highest BCUT2D eigenvalue weighted by Crippen LogP contribution is 1.89. The van der Waals surface area contributed by atoms with Crippen molar-refractivity contribution in [1.82, 2.24) is 4.90 Å². The Hall–Kier alpha value is -0.700. The van der Waals surface area contributed by atoms with Crippen LogP contribution in [0.5, 0.6) is 0 Å². The van der Waals surface area contributed by atoms with Crippen molar-refractivity contribution in [1.29, 1.82) is 0 Å². The third kappa shape index (κ3) is 5.44. The normalized spacial score (nSPS) is 9.90. The third-order valence-corrected chi connectivity index (χ3v) is 1.16. The maximum absolute atomic E-state index is 10.4. The number of rotatable bonds is 5. The number of aldehydes is 1. The Balaban J connectivity index is 3.19. The molecule has 0 radical (unpaired) electrons. The maximum atomic E-state index is 10.4. The van der Waals surface area contributed by atoms with Crippen molar-refractivity contribution >= 4 is 12.1 Å². The second-order valence-electron chi connectivity index (χ2n) is 2.49. The molecule has 0 saturated carbocycles. The van der Waals surface area contributed by atoms with E-state index in [2.05, 4.69) is 0 Å². The Labute approximate surface area is 61.0 Å². The van der Waals surface area contributed by atoms with Crippen LogP contribution in [-0.4, -0.2) is 37.6 Å². The largest absolute Gasteiger partial charge is 0.309 e. The zero-order chi connectivity index (χ0) is 7.98. The Morgan fingerprint density at radius 1 is 1.50 bits per heavy atom. The summed E-state index contributed by atoms with van der Waals surface area (Å²) in [7, 11) is 3.87. The van der Waals surface area contributed by atoms with Gasteiger partial charge in [-0.1, -0.05) is 0 Å². The molecule has 0 heterocycles. The SMILES string of the molecule is CN(C)CCCC(=O)C=O. The molecule has 0 aromatic carbocycles. The van der Waals surface area contributed by atoms with Gasteiger partial charge in [0, 0.05) is 6.42 Å². The van der Waals surface area contributed by atoms with E-state index in [1.165, 1.54) is 0 Å². The third-order valence-electron chi connectivity index (χ3n) is 1.16. The van der Waals surface area contributed by atoms with Crippen LogP contribution in [0.4, 0.5) is 0 Å². The van der Waals surface area contributed by atoms with E-state index in [4.69, 9.17) is 0 Å². The molecule has 0 saturated heterocycles. The molecule has 0 fully saturated rings. The quantitative estimate of drug-likeness (QED) is 0.404. The Morgan fingerprint density at radius 3 is 2.50 bits per heavy atom. The molecule has 0 spiro atoms. The molecule has 0 aliphatic heterocycles. The molecule has 0 rings (SSSR count). The summed E-state index contributed by atoms with van der Waals surface area (Å²) in [5.74, 6) is -0.304. The Morgan fingerprint density at radius 2 is 2.10 bits per heavy atom. The van der Waals surface area contributed by atoms with E-state index in [0.29, 0.717) is 12.7 Å². The molecule has 58 valence electrons. The van der Waals surface area contributed by atoms with Gasteiger partial charge in [-0.05, 0) is 27.1 Å². The van der Waals surface area contributed by atoms with Crippen LogP contribution in [0, 0.1) is 0 Å². The van der Waals surface area contributed by atoms with Crippen molar-refractivity contribution in [3.8, 4) is 0 Å². The summed E-state index contributed by atoms with van der Waals surface area (Å²) in [6.45, 7) is 0.861. The van der Waals surface area contributed by atoms with Crippen LogP contribution < -0.4 is 0 Å². The van der Waals surface area contributed by atoms with Crippen LogP contribution in [0.15, 0.2) is 0 Å². The summed E-state index contributed by atoms with van der Waals surface area (Å²) >= 11 is 0. The minimum absolute atomic E-state index is 0.304. The van der Waals surface area contributed by atoms with Gasteiger partial charge >= 0.3 is 0 Å². The van der Waals surface area contributed by atoms with E-state index in [1.54, 1.807) is 0 Å². The van der Waals surface area contributed by atoms with Crippen LogP contribution >= 0.6 is 0 Å². The number of nitrogens with zero attached hydrogens (tertiary/aromatic N) is 1. The molecule has 10 heavy (non-hydrogen) atoms. The van der Waals surface area contributed by atoms with Gasteiger partial charge in [0.1, 0.15) is 0 Å². The van der Waals surface area contributed by atoms with E-state index in [-0.39, 0.29) is 5.78 Å². The van der Waals surface area contributed by atoms with Gasteiger partial charge < -0.3 is 4.90 Å². The van der Waals surface area contributed by atoms with Crippen LogP contribution in [-0.2, 0) is 9.59 Å². The van der Waals surface area contributed by atoms with Gasteiger partial charge in [-0.15, -0.1) is 0 Å². The van der Waals surface area contributed by atoms with Gasteiger partial charge in [0.15, 0.2) is 12.1 Å². The summed E-state index contributed by atoms with van der Waals surface area (Å²) in [6.07, 6.45) is 1.53. The second kappa shape index (κ2) is 5.11. The molecule has 0 aliphatic rings. The molecule has 0 unspecified atom stereocenters. The first kappa shape index (κ1) is 9.30. The van der Waals surface area contributed by atoms with Crippen LogP contribution in [0.25, 0.3) is 0 Å². The van der Waals surface area contributed by atoms with Crippen molar-refractivity contribution < 1.29 is 9.59 Å². The topological polar surface area (TPSA) is 37.4 Å². The second-order valence-corrected chi connectivity index (χ2v) is 2.49. The fourth-order valence-electron chi connectivity index (χ4n) is 0.628. The number of carbonyl (C=O) groups is 2. The standard InChI is InChI=1S/C7H13NO2/c1-8(2)5-3-4-7(10)6-9/h6H,3-5H2,1-2H3. The molecule has 0 aromatic rings. The van der Waals surface area contributed by atoms with E-state index < -0.39 is 0 Å². The number of hydrogen-bond acceptors (Lipinski definition) is 3. The molecule has 0 amide bonds. The van der Waals surface area contributed by atoms with Crippen LogP contribution in [0.3, 0.4) is 0 Å². The van der Waals surface area contributed by atoms with Crippen molar-refractivity contribution in [2.24, 2.45) is 0 Å². The van der Waals surface area contributed by atoms with E-state index in [1.807, 2.05) is 19.0 Å². The lowest BCUT2D eigenvalue weighted by Crippen LogP contribution is -2.14. The zero-order valence-corrected chi connectivity index (χ0v) is 6.46. The first-order valence-corrected chi connectivity index (χ1v) is 3.29. The minimum Gasteiger partial charge on any atom is -0.309 e. The average Bonchev–Trinajstić information content (AvgIpc) is 1.87. The van der Waals surface area contributed by atoms with Gasteiger partial charge in [0.25, 0.3) is 0 Å². The van der Waals surface area contributed by atoms with Gasteiger partial charge in [0.2, 0.25) is 0 Å². The number of hydrogen-bond donors (Lipinski definition) is 0. The average molecular weight is 143 g/mol. The summed E-state index contributed by atoms with van der Waals surface area (Å²) in [4.78, 5) is 22.2. The molecule has 0 atom stereocenters. The van der Waals surface area contributed by atoms with E-state index in [0.717, 1.165) is 13.0 Å². The first-order valence-electron chi connectivity index (χ1n) is 3.29. The smallest absolute Gasteiger partial charge is 0.195 e. The summed E-state index contributed by atoms with van der Waals surface area (Å²) < 4.78 is 0. The lowest BCUT2D eigenvalue weighted by Gasteiger charge is -2.06. The predicted octanol–water partition coefficient (Wildman–Crippen LogP) is 0.0962. The van der Waals surface area contributed by atoms with Crippen molar-refractivity contribution in [3.63, 3.8) is 0 Å². The van der Waals surface area contributed by atoms with E-state index in [9.17, 15) is 9.59 Å². The number of ketones is 1. The van der Waals surface area contributed by atoms with Crippen molar-refractivity contribution in [2.75, 3.05) is 20.6 Å². The molecular weight excluding hydrogens is 130 g/mol. The minimum atomic E-state index is -0.304. The monoisotopic (exact) mass is 143 g/mol. The summed E-state index contributed by atoms with van der Waals surface area (Å²) in [5, 5.41) is 0. The van der Waals surface area contributed by atoms with Gasteiger partial charge in [-0.2, -0.15) is 0 Å². The summed E-state index contributed by atoms with van der Waals surface area (Å²) in [5.41, 5.74) is 0. The Kier molecular flexibility index (Phi) is 4.76. The maximum Gasteiger partial charge on any atom is 0.195 e. The Bertz CT molecular complexity index is 121. The highest BCUT2D eigenvalue weighted by atomic mass is 16.2. The number of carbonyl (C=O) groups excluding carboxylic acids is 2. The molecule has 0 N–H and O–H groups in total. The van der Waals surface area contributed by atoms with Gasteiger partial charge in [-0.25, -0.2) is 0 Å². The van der Waals surface area contributed by atoms with Crippen molar-refractivity contribution in [3.05, 3.63) is 0 Å². The first-order chi connectivity index (χ1) is 4.66. The molecule has 0 aliphatic carbocycles. The highest BCUT2D eigenvalue weighted by Gasteiger charge is 1.98. The highest BCUT2D eigenvalue weighted by molar-refractivity contribution is 6.24. The number of Topliss-reactive ketones (excluding diaryl/α,β-unsaturated/α-hetero) is 1. The zero-order valence-electron chi connectivity index (χ0n) is 6.46. The summed E-state index contributed by atoms with van der Waals surface area (Å²) in [6, 6.07) is 0. The molecule has 3 nitrogen and oxygen atoms in total. The van der Waals surface area contributed by atoms with Crippen LogP contribution in [0.2, 0.25) is 0 Å². The molecular formula is C7H13NO2. The molecule has 3 heteroatoms. The lowest BCUT2D eigenvalue weighted by atomic mass is 10.2. The fourth-order valence-corrected chi connectivity index (χ4v) is 0.628. The predicted molar refractivity (Wildman–Crippen MR) is 38.9 cm³/mol. The molecule has 0 bridgehead atoms.